The van der Waals surface area contributed by atoms with Crippen LogP contribution in [-0.4, -0.2) is 11.8 Å². The third-order valence-electron chi connectivity index (χ3n) is 3.75. The van der Waals surface area contributed by atoms with Crippen LogP contribution in [0.15, 0.2) is 23.1 Å². The molecule has 0 saturated heterocycles. The molecule has 1 aliphatic carbocycles. The highest BCUT2D eigenvalue weighted by Gasteiger charge is 2.25. The predicted molar refractivity (Wildman–Crippen MR) is 76.6 cm³/mol. The van der Waals surface area contributed by atoms with E-state index < -0.39 is 0 Å². The molecular weight excluding hydrogens is 226 g/mol. The summed E-state index contributed by atoms with van der Waals surface area (Å²) >= 11 is 2.05. The van der Waals surface area contributed by atoms with E-state index in [4.69, 9.17) is 5.73 Å². The van der Waals surface area contributed by atoms with E-state index in [-0.39, 0.29) is 0 Å². The van der Waals surface area contributed by atoms with Crippen molar-refractivity contribution in [2.24, 2.45) is 11.7 Å². The summed E-state index contributed by atoms with van der Waals surface area (Å²) in [4.78, 5) is 1.45. The SMILES string of the molecule is Cc1ccc(SC2CCCCC2CN)c(C)c1. The summed E-state index contributed by atoms with van der Waals surface area (Å²) < 4.78 is 0. The highest BCUT2D eigenvalue weighted by molar-refractivity contribution is 8.00. The van der Waals surface area contributed by atoms with Gasteiger partial charge in [0.25, 0.3) is 0 Å². The fraction of sp³-hybridized carbons (Fsp3) is 0.600. The van der Waals surface area contributed by atoms with Crippen LogP contribution in [0.2, 0.25) is 0 Å². The van der Waals surface area contributed by atoms with Gasteiger partial charge in [0, 0.05) is 10.1 Å². The Kier molecular flexibility index (Phi) is 4.52. The lowest BCUT2D eigenvalue weighted by atomic mass is 9.89. The van der Waals surface area contributed by atoms with Crippen LogP contribution >= 0.6 is 11.8 Å². The predicted octanol–water partition coefficient (Wildman–Crippen LogP) is 3.91. The maximum absolute atomic E-state index is 5.90. The maximum atomic E-state index is 5.90. The van der Waals surface area contributed by atoms with Gasteiger partial charge < -0.3 is 5.73 Å². The largest absolute Gasteiger partial charge is 0.330 e. The normalized spacial score (nSPS) is 24.9. The molecule has 2 unspecified atom stereocenters. The summed E-state index contributed by atoms with van der Waals surface area (Å²) in [6, 6.07) is 6.77. The van der Waals surface area contributed by atoms with Gasteiger partial charge in [0.2, 0.25) is 0 Å². The fourth-order valence-corrected chi connectivity index (χ4v) is 4.13. The van der Waals surface area contributed by atoms with E-state index >= 15 is 0 Å². The van der Waals surface area contributed by atoms with Crippen LogP contribution in [0, 0.1) is 19.8 Å². The van der Waals surface area contributed by atoms with Crippen molar-refractivity contribution >= 4 is 11.8 Å². The van der Waals surface area contributed by atoms with Crippen molar-refractivity contribution in [1.29, 1.82) is 0 Å². The first-order valence-electron chi connectivity index (χ1n) is 6.64. The molecule has 0 aliphatic heterocycles. The number of hydrogen-bond acceptors (Lipinski definition) is 2. The molecule has 1 saturated carbocycles. The van der Waals surface area contributed by atoms with Crippen LogP contribution in [0.1, 0.15) is 36.8 Å². The summed E-state index contributed by atoms with van der Waals surface area (Å²) in [7, 11) is 0. The van der Waals surface area contributed by atoms with Gasteiger partial charge in [-0.3, -0.25) is 0 Å². The topological polar surface area (TPSA) is 26.0 Å². The molecule has 2 rings (SSSR count). The average molecular weight is 249 g/mol. The molecule has 1 nitrogen and oxygen atoms in total. The second-order valence-electron chi connectivity index (χ2n) is 5.21. The summed E-state index contributed by atoms with van der Waals surface area (Å²) in [5, 5.41) is 0.732. The van der Waals surface area contributed by atoms with Gasteiger partial charge in [0.15, 0.2) is 0 Å². The molecule has 2 heteroatoms. The molecule has 0 radical (unpaired) electrons. The smallest absolute Gasteiger partial charge is 0.0135 e. The zero-order chi connectivity index (χ0) is 12.3. The minimum atomic E-state index is 0.717. The molecule has 1 aliphatic rings. The zero-order valence-corrected chi connectivity index (χ0v) is 11.7. The quantitative estimate of drug-likeness (QED) is 0.879. The fourth-order valence-electron chi connectivity index (χ4n) is 2.69. The Hall–Kier alpha value is -0.470. The van der Waals surface area contributed by atoms with Crippen molar-refractivity contribution < 1.29 is 0 Å². The number of hydrogen-bond donors (Lipinski definition) is 1. The third kappa shape index (κ3) is 3.26. The second-order valence-corrected chi connectivity index (χ2v) is 6.49. The van der Waals surface area contributed by atoms with Gasteiger partial charge in [0.05, 0.1) is 0 Å². The molecule has 1 aromatic carbocycles. The maximum Gasteiger partial charge on any atom is 0.0135 e. The van der Waals surface area contributed by atoms with E-state index in [1.807, 2.05) is 0 Å². The van der Waals surface area contributed by atoms with Crippen LogP contribution < -0.4 is 5.73 Å². The molecule has 2 N–H and O–H groups in total. The Morgan fingerprint density at radius 2 is 2.00 bits per heavy atom. The lowest BCUT2D eigenvalue weighted by molar-refractivity contribution is 0.378. The van der Waals surface area contributed by atoms with E-state index in [0.29, 0.717) is 0 Å². The van der Waals surface area contributed by atoms with Gasteiger partial charge in [-0.1, -0.05) is 30.5 Å². The van der Waals surface area contributed by atoms with E-state index in [0.717, 1.165) is 17.7 Å². The minimum absolute atomic E-state index is 0.717. The van der Waals surface area contributed by atoms with Crippen LogP contribution in [0.4, 0.5) is 0 Å². The molecule has 0 spiro atoms. The Morgan fingerprint density at radius 3 is 2.71 bits per heavy atom. The van der Waals surface area contributed by atoms with Crippen molar-refractivity contribution in [1.82, 2.24) is 0 Å². The Bertz CT molecular complexity index is 375. The van der Waals surface area contributed by atoms with Crippen LogP contribution in [-0.2, 0) is 0 Å². The zero-order valence-electron chi connectivity index (χ0n) is 10.9. The molecule has 0 bridgehead atoms. The second kappa shape index (κ2) is 5.92. The van der Waals surface area contributed by atoms with Crippen molar-refractivity contribution in [2.45, 2.75) is 49.7 Å². The van der Waals surface area contributed by atoms with Crippen LogP contribution in [0.5, 0.6) is 0 Å². The van der Waals surface area contributed by atoms with Gasteiger partial charge >= 0.3 is 0 Å². The van der Waals surface area contributed by atoms with Gasteiger partial charge in [-0.05, 0) is 50.8 Å². The van der Waals surface area contributed by atoms with Gasteiger partial charge in [-0.15, -0.1) is 11.8 Å². The van der Waals surface area contributed by atoms with Crippen molar-refractivity contribution in [2.75, 3.05) is 6.54 Å². The lowest BCUT2D eigenvalue weighted by Gasteiger charge is -2.30. The molecule has 1 fully saturated rings. The first-order valence-corrected chi connectivity index (χ1v) is 7.52. The van der Waals surface area contributed by atoms with Gasteiger partial charge in [0.1, 0.15) is 0 Å². The summed E-state index contributed by atoms with van der Waals surface area (Å²) in [6.07, 6.45) is 5.39. The molecule has 94 valence electrons. The summed E-state index contributed by atoms with van der Waals surface area (Å²) in [5.41, 5.74) is 8.66. The first-order chi connectivity index (χ1) is 8.20. The number of rotatable bonds is 3. The monoisotopic (exact) mass is 249 g/mol. The van der Waals surface area contributed by atoms with Crippen LogP contribution in [0.3, 0.4) is 0 Å². The van der Waals surface area contributed by atoms with E-state index in [1.165, 1.54) is 41.7 Å². The van der Waals surface area contributed by atoms with E-state index in [2.05, 4.69) is 43.8 Å². The molecule has 0 amide bonds. The third-order valence-corrected chi connectivity index (χ3v) is 5.39. The molecule has 2 atom stereocenters. The van der Waals surface area contributed by atoms with E-state index in [9.17, 15) is 0 Å². The number of aryl methyl sites for hydroxylation is 2. The standard InChI is InChI=1S/C15H23NS/c1-11-7-8-14(12(2)9-11)17-15-6-4-3-5-13(15)10-16/h7-9,13,15H,3-6,10,16H2,1-2H3. The highest BCUT2D eigenvalue weighted by atomic mass is 32.2. The van der Waals surface area contributed by atoms with Crippen molar-refractivity contribution in [3.8, 4) is 0 Å². The first kappa shape index (κ1) is 13.0. The van der Waals surface area contributed by atoms with Crippen molar-refractivity contribution in [3.63, 3.8) is 0 Å². The van der Waals surface area contributed by atoms with Crippen molar-refractivity contribution in [3.05, 3.63) is 29.3 Å². The molecule has 0 aromatic heterocycles. The van der Waals surface area contributed by atoms with Crippen LogP contribution in [0.25, 0.3) is 0 Å². The Labute approximate surface area is 109 Å². The molecule has 17 heavy (non-hydrogen) atoms. The molecule has 1 aromatic rings. The number of benzene rings is 1. The molecule has 0 heterocycles. The van der Waals surface area contributed by atoms with Gasteiger partial charge in [-0.25, -0.2) is 0 Å². The Balaban J connectivity index is 2.08. The summed E-state index contributed by atoms with van der Waals surface area (Å²) in [6.45, 7) is 5.23. The minimum Gasteiger partial charge on any atom is -0.330 e. The number of thioether (sulfide) groups is 1. The van der Waals surface area contributed by atoms with Gasteiger partial charge in [-0.2, -0.15) is 0 Å². The lowest BCUT2D eigenvalue weighted by Crippen LogP contribution is -2.28. The average Bonchev–Trinajstić information content (AvgIpc) is 2.33. The molecular formula is C15H23NS. The highest BCUT2D eigenvalue weighted by Crippen LogP contribution is 2.38. The summed E-state index contributed by atoms with van der Waals surface area (Å²) in [5.74, 6) is 0.717. The Morgan fingerprint density at radius 1 is 1.24 bits per heavy atom. The van der Waals surface area contributed by atoms with E-state index in [1.54, 1.807) is 0 Å². The number of nitrogens with two attached hydrogens (primary N) is 1.